The van der Waals surface area contributed by atoms with E-state index in [1.807, 2.05) is 0 Å². The highest BCUT2D eigenvalue weighted by Gasteiger charge is 1.99. The van der Waals surface area contributed by atoms with Gasteiger partial charge in [-0.05, 0) is 36.0 Å². The van der Waals surface area contributed by atoms with E-state index in [-0.39, 0.29) is 0 Å². The molecule has 0 aliphatic rings. The van der Waals surface area contributed by atoms with E-state index in [2.05, 4.69) is 54.6 Å². The van der Waals surface area contributed by atoms with Crippen molar-refractivity contribution in [2.24, 2.45) is 0 Å². The summed E-state index contributed by atoms with van der Waals surface area (Å²) in [6.45, 7) is 4.47. The van der Waals surface area contributed by atoms with E-state index in [9.17, 15) is 0 Å². The Morgan fingerprint density at radius 2 is 1.77 bits per heavy atom. The minimum absolute atomic E-state index is 1.16. The molecule has 0 saturated heterocycles. The molecule has 1 rings (SSSR count). The van der Waals surface area contributed by atoms with Crippen LogP contribution in [0.4, 0.5) is 0 Å². The highest BCUT2D eigenvalue weighted by molar-refractivity contribution is 14.1. The lowest BCUT2D eigenvalue weighted by Gasteiger charge is -2.07. The van der Waals surface area contributed by atoms with Crippen molar-refractivity contribution in [3.63, 3.8) is 0 Å². The summed E-state index contributed by atoms with van der Waals surface area (Å²) >= 11 is 2.43. The van der Waals surface area contributed by atoms with Crippen molar-refractivity contribution in [1.82, 2.24) is 0 Å². The molecule has 0 aliphatic carbocycles. The zero-order chi connectivity index (χ0) is 9.68. The molecular formula is C12H17I. The van der Waals surface area contributed by atoms with Gasteiger partial charge >= 0.3 is 0 Å². The van der Waals surface area contributed by atoms with E-state index in [1.54, 1.807) is 0 Å². The van der Waals surface area contributed by atoms with Crippen LogP contribution in [0.25, 0.3) is 0 Å². The zero-order valence-electron chi connectivity index (χ0n) is 8.44. The molecule has 0 N–H and O–H groups in total. The summed E-state index contributed by atoms with van der Waals surface area (Å²) in [5.41, 5.74) is 4.54. The predicted molar refractivity (Wildman–Crippen MR) is 67.8 cm³/mol. The topological polar surface area (TPSA) is 0 Å². The van der Waals surface area contributed by atoms with Crippen molar-refractivity contribution >= 4 is 22.6 Å². The van der Waals surface area contributed by atoms with Crippen molar-refractivity contribution in [1.29, 1.82) is 0 Å². The van der Waals surface area contributed by atoms with Crippen LogP contribution < -0.4 is 0 Å². The summed E-state index contributed by atoms with van der Waals surface area (Å²) in [6, 6.07) is 6.94. The molecule has 0 nitrogen and oxygen atoms in total. The number of halogens is 1. The largest absolute Gasteiger partial charge is 0.0860 e. The van der Waals surface area contributed by atoms with Gasteiger partial charge in [-0.15, -0.1) is 0 Å². The van der Waals surface area contributed by atoms with E-state index in [4.69, 9.17) is 0 Å². The fourth-order valence-corrected chi connectivity index (χ4v) is 2.24. The van der Waals surface area contributed by atoms with Gasteiger partial charge in [0.05, 0.1) is 0 Å². The maximum absolute atomic E-state index is 2.43. The average molecular weight is 288 g/mol. The molecule has 0 saturated carbocycles. The number of benzene rings is 1. The zero-order valence-corrected chi connectivity index (χ0v) is 10.6. The van der Waals surface area contributed by atoms with Crippen molar-refractivity contribution < 1.29 is 0 Å². The molecule has 0 aromatic heterocycles. The van der Waals surface area contributed by atoms with Crippen molar-refractivity contribution in [2.45, 2.75) is 33.1 Å². The lowest BCUT2D eigenvalue weighted by Crippen LogP contribution is -1.94. The molecule has 0 heterocycles. The Labute approximate surface area is 94.9 Å². The predicted octanol–water partition coefficient (Wildman–Crippen LogP) is 3.79. The van der Waals surface area contributed by atoms with E-state index in [1.165, 1.54) is 27.5 Å². The Hall–Kier alpha value is -0.0500. The molecule has 0 aliphatic heterocycles. The highest BCUT2D eigenvalue weighted by Crippen LogP contribution is 2.14. The summed E-state index contributed by atoms with van der Waals surface area (Å²) in [5, 5.41) is 0. The molecule has 72 valence electrons. The van der Waals surface area contributed by atoms with E-state index in [0.29, 0.717) is 0 Å². The summed E-state index contributed by atoms with van der Waals surface area (Å²) in [5.74, 6) is 0. The number of hydrogen-bond donors (Lipinski definition) is 0. The number of aryl methyl sites for hydroxylation is 3. The van der Waals surface area contributed by atoms with Crippen LogP contribution in [0, 0.1) is 0 Å². The van der Waals surface area contributed by atoms with E-state index < -0.39 is 0 Å². The van der Waals surface area contributed by atoms with E-state index >= 15 is 0 Å². The first kappa shape index (κ1) is 11.0. The maximum atomic E-state index is 2.43. The second-order valence-corrected chi connectivity index (χ2v) is 4.33. The van der Waals surface area contributed by atoms with Crippen molar-refractivity contribution in [3.05, 3.63) is 34.9 Å². The Morgan fingerprint density at radius 3 is 2.31 bits per heavy atom. The van der Waals surface area contributed by atoms with Crippen LogP contribution in [0.2, 0.25) is 0 Å². The van der Waals surface area contributed by atoms with E-state index in [0.717, 1.165) is 12.8 Å². The van der Waals surface area contributed by atoms with Crippen LogP contribution in [0.5, 0.6) is 0 Å². The second kappa shape index (κ2) is 5.63. The van der Waals surface area contributed by atoms with Crippen molar-refractivity contribution in [3.8, 4) is 0 Å². The van der Waals surface area contributed by atoms with Crippen LogP contribution >= 0.6 is 22.6 Å². The SMILES string of the molecule is CCc1ccc(CCI)cc1CC. The monoisotopic (exact) mass is 288 g/mol. The third-order valence-electron chi connectivity index (χ3n) is 2.42. The van der Waals surface area contributed by atoms with Gasteiger partial charge in [0.1, 0.15) is 0 Å². The normalized spacial score (nSPS) is 10.4. The van der Waals surface area contributed by atoms with Gasteiger partial charge in [-0.25, -0.2) is 0 Å². The summed E-state index contributed by atoms with van der Waals surface area (Å²) in [4.78, 5) is 0. The Morgan fingerprint density at radius 1 is 1.08 bits per heavy atom. The van der Waals surface area contributed by atoms with Gasteiger partial charge in [0, 0.05) is 4.43 Å². The first-order valence-electron chi connectivity index (χ1n) is 4.98. The Balaban J connectivity index is 2.91. The van der Waals surface area contributed by atoms with Crippen LogP contribution in [-0.4, -0.2) is 4.43 Å². The molecule has 0 amide bonds. The Kier molecular flexibility index (Phi) is 4.78. The van der Waals surface area contributed by atoms with Gasteiger partial charge in [-0.2, -0.15) is 0 Å². The van der Waals surface area contributed by atoms with Crippen LogP contribution in [0.1, 0.15) is 30.5 Å². The highest BCUT2D eigenvalue weighted by atomic mass is 127. The van der Waals surface area contributed by atoms with Gasteiger partial charge in [-0.1, -0.05) is 54.6 Å². The second-order valence-electron chi connectivity index (χ2n) is 3.25. The Bertz CT molecular complexity index is 266. The standard InChI is InChI=1S/C12H17I/c1-3-11-6-5-10(7-8-13)9-12(11)4-2/h5-6,9H,3-4,7-8H2,1-2H3. The first-order chi connectivity index (χ1) is 6.31. The maximum Gasteiger partial charge on any atom is 0.00358 e. The van der Waals surface area contributed by atoms with Gasteiger partial charge in [-0.3, -0.25) is 0 Å². The third kappa shape index (κ3) is 2.97. The fourth-order valence-electron chi connectivity index (χ4n) is 1.62. The number of hydrogen-bond acceptors (Lipinski definition) is 0. The first-order valence-corrected chi connectivity index (χ1v) is 6.51. The molecular weight excluding hydrogens is 271 g/mol. The van der Waals surface area contributed by atoms with Crippen LogP contribution in [-0.2, 0) is 19.3 Å². The fraction of sp³-hybridized carbons (Fsp3) is 0.500. The van der Waals surface area contributed by atoms with Gasteiger partial charge in [0.25, 0.3) is 0 Å². The molecule has 0 fully saturated rings. The summed E-state index contributed by atoms with van der Waals surface area (Å²) < 4.78 is 1.21. The minimum Gasteiger partial charge on any atom is -0.0860 e. The van der Waals surface area contributed by atoms with Gasteiger partial charge in [0.2, 0.25) is 0 Å². The summed E-state index contributed by atoms with van der Waals surface area (Å²) in [7, 11) is 0. The molecule has 1 aromatic rings. The minimum atomic E-state index is 1.16. The molecule has 0 atom stereocenters. The molecule has 13 heavy (non-hydrogen) atoms. The summed E-state index contributed by atoms with van der Waals surface area (Å²) in [6.07, 6.45) is 3.53. The van der Waals surface area contributed by atoms with Gasteiger partial charge < -0.3 is 0 Å². The smallest absolute Gasteiger partial charge is 0.00358 e. The third-order valence-corrected chi connectivity index (χ3v) is 2.96. The number of alkyl halides is 1. The lowest BCUT2D eigenvalue weighted by molar-refractivity contribution is 1.02. The number of rotatable bonds is 4. The lowest BCUT2D eigenvalue weighted by atomic mass is 9.99. The molecule has 0 bridgehead atoms. The molecule has 0 radical (unpaired) electrons. The van der Waals surface area contributed by atoms with Gasteiger partial charge in [0.15, 0.2) is 0 Å². The van der Waals surface area contributed by atoms with Crippen LogP contribution in [0.15, 0.2) is 18.2 Å². The van der Waals surface area contributed by atoms with Crippen LogP contribution in [0.3, 0.4) is 0 Å². The average Bonchev–Trinajstić information content (AvgIpc) is 2.18. The van der Waals surface area contributed by atoms with Crippen molar-refractivity contribution in [2.75, 3.05) is 4.43 Å². The molecule has 1 aromatic carbocycles. The molecule has 0 unspecified atom stereocenters. The quantitative estimate of drug-likeness (QED) is 0.584. The molecule has 0 spiro atoms. The molecule has 1 heteroatoms.